The second-order valence-corrected chi connectivity index (χ2v) is 6.44. The Balaban J connectivity index is 2.06. The summed E-state index contributed by atoms with van der Waals surface area (Å²) in [5, 5.41) is 4.66. The van der Waals surface area contributed by atoms with Crippen LogP contribution in [0, 0.1) is 0 Å². The van der Waals surface area contributed by atoms with E-state index in [0.29, 0.717) is 6.10 Å². The zero-order valence-electron chi connectivity index (χ0n) is 12.9. The zero-order valence-corrected chi connectivity index (χ0v) is 13.8. The van der Waals surface area contributed by atoms with Crippen molar-refractivity contribution < 1.29 is 4.74 Å². The summed E-state index contributed by atoms with van der Waals surface area (Å²) in [6.07, 6.45) is 3.58. The largest absolute Gasteiger partial charge is 0.377 e. The molecule has 1 aromatic heterocycles. The van der Waals surface area contributed by atoms with E-state index in [1.165, 1.54) is 22.1 Å². The lowest BCUT2D eigenvalue weighted by Gasteiger charge is -2.20. The van der Waals surface area contributed by atoms with Crippen molar-refractivity contribution in [3.8, 4) is 0 Å². The van der Waals surface area contributed by atoms with Crippen molar-refractivity contribution in [3.63, 3.8) is 0 Å². The van der Waals surface area contributed by atoms with Crippen LogP contribution in [0.4, 0.5) is 5.13 Å². The van der Waals surface area contributed by atoms with E-state index in [4.69, 9.17) is 9.72 Å². The molecule has 0 saturated carbocycles. The van der Waals surface area contributed by atoms with E-state index in [1.807, 2.05) is 11.3 Å². The van der Waals surface area contributed by atoms with Gasteiger partial charge in [-0.1, -0.05) is 13.8 Å². The molecular weight excluding hydrogens is 270 g/mol. The van der Waals surface area contributed by atoms with Crippen LogP contribution >= 0.6 is 11.3 Å². The normalized spacial score (nSPS) is 20.1. The van der Waals surface area contributed by atoms with Crippen LogP contribution in [0.1, 0.15) is 44.2 Å². The van der Waals surface area contributed by atoms with E-state index in [2.05, 4.69) is 31.0 Å². The molecule has 0 aliphatic carbocycles. The highest BCUT2D eigenvalue weighted by Gasteiger charge is 2.19. The highest BCUT2D eigenvalue weighted by Crippen LogP contribution is 2.28. The lowest BCUT2D eigenvalue weighted by atomic mass is 10.3. The first-order valence-corrected chi connectivity index (χ1v) is 8.62. The fraction of sp³-hybridized carbons (Fsp3) is 0.800. The van der Waals surface area contributed by atoms with Gasteiger partial charge in [0.25, 0.3) is 0 Å². The number of hydrogen-bond donors (Lipinski definition) is 1. The topological polar surface area (TPSA) is 37.4 Å². The predicted octanol–water partition coefficient (Wildman–Crippen LogP) is 2.82. The highest BCUT2D eigenvalue weighted by atomic mass is 32.1. The van der Waals surface area contributed by atoms with Gasteiger partial charge in [-0.2, -0.15) is 0 Å². The van der Waals surface area contributed by atoms with Crippen molar-refractivity contribution >= 4 is 16.5 Å². The van der Waals surface area contributed by atoms with Gasteiger partial charge < -0.3 is 15.0 Å². The number of hydrogen-bond acceptors (Lipinski definition) is 5. The molecule has 1 unspecified atom stereocenters. The first-order valence-electron chi connectivity index (χ1n) is 7.80. The molecule has 4 nitrogen and oxygen atoms in total. The van der Waals surface area contributed by atoms with E-state index in [1.54, 1.807) is 0 Å². The second-order valence-electron chi connectivity index (χ2n) is 5.38. The molecule has 5 heteroatoms. The van der Waals surface area contributed by atoms with Crippen molar-refractivity contribution in [1.29, 1.82) is 0 Å². The number of aryl methyl sites for hydroxylation is 1. The Labute approximate surface area is 126 Å². The molecule has 20 heavy (non-hydrogen) atoms. The number of nitrogens with zero attached hydrogens (tertiary/aromatic N) is 2. The van der Waals surface area contributed by atoms with Gasteiger partial charge in [0.2, 0.25) is 0 Å². The van der Waals surface area contributed by atoms with Gasteiger partial charge >= 0.3 is 0 Å². The summed E-state index contributed by atoms with van der Waals surface area (Å²) in [6.45, 7) is 11.5. The van der Waals surface area contributed by atoms with Crippen LogP contribution in [0.5, 0.6) is 0 Å². The van der Waals surface area contributed by atoms with Crippen LogP contribution in [0.3, 0.4) is 0 Å². The number of nitrogens with one attached hydrogen (secondary N) is 1. The molecule has 0 amide bonds. The fourth-order valence-electron chi connectivity index (χ4n) is 2.47. The Bertz CT molecular complexity index is 408. The van der Waals surface area contributed by atoms with Crippen LogP contribution < -0.4 is 10.2 Å². The Hall–Kier alpha value is -0.650. The summed E-state index contributed by atoms with van der Waals surface area (Å²) in [5.41, 5.74) is 1.26. The summed E-state index contributed by atoms with van der Waals surface area (Å²) < 4.78 is 5.72. The number of anilines is 1. The summed E-state index contributed by atoms with van der Waals surface area (Å²) in [4.78, 5) is 8.65. The Morgan fingerprint density at radius 3 is 3.05 bits per heavy atom. The van der Waals surface area contributed by atoms with Gasteiger partial charge in [-0.05, 0) is 32.7 Å². The van der Waals surface area contributed by atoms with E-state index in [9.17, 15) is 0 Å². The average molecular weight is 297 g/mol. The molecule has 0 bridgehead atoms. The van der Waals surface area contributed by atoms with Crippen molar-refractivity contribution in [2.75, 3.05) is 31.1 Å². The molecule has 2 heterocycles. The molecule has 1 fully saturated rings. The van der Waals surface area contributed by atoms with Gasteiger partial charge in [0.05, 0.1) is 11.8 Å². The molecule has 1 aliphatic heterocycles. The van der Waals surface area contributed by atoms with Crippen molar-refractivity contribution in [1.82, 2.24) is 10.3 Å². The molecule has 2 rings (SSSR count). The molecule has 0 aromatic carbocycles. The SMILES string of the molecule is CCCNCc1sc(N2CCCOC(C)C2)nc1CC. The van der Waals surface area contributed by atoms with Gasteiger partial charge in [0.1, 0.15) is 0 Å². The lowest BCUT2D eigenvalue weighted by molar-refractivity contribution is 0.0821. The average Bonchev–Trinajstić information content (AvgIpc) is 2.73. The summed E-state index contributed by atoms with van der Waals surface area (Å²) in [6, 6.07) is 0. The third kappa shape index (κ3) is 4.17. The number of rotatable bonds is 6. The molecular formula is C15H27N3OS. The maximum atomic E-state index is 5.72. The molecule has 1 saturated heterocycles. The lowest BCUT2D eigenvalue weighted by Crippen LogP contribution is -2.29. The van der Waals surface area contributed by atoms with Crippen molar-refractivity contribution in [3.05, 3.63) is 10.6 Å². The minimum atomic E-state index is 0.299. The van der Waals surface area contributed by atoms with Crippen LogP contribution in [0.15, 0.2) is 0 Å². The smallest absolute Gasteiger partial charge is 0.185 e. The predicted molar refractivity (Wildman–Crippen MR) is 85.7 cm³/mol. The molecule has 114 valence electrons. The van der Waals surface area contributed by atoms with Crippen LogP contribution in [0.25, 0.3) is 0 Å². The summed E-state index contributed by atoms with van der Waals surface area (Å²) in [7, 11) is 0. The molecule has 1 atom stereocenters. The van der Waals surface area contributed by atoms with Crippen LogP contribution in [-0.2, 0) is 17.7 Å². The first-order chi connectivity index (χ1) is 9.74. The number of ether oxygens (including phenoxy) is 1. The van der Waals surface area contributed by atoms with Gasteiger partial charge in [-0.15, -0.1) is 11.3 Å². The third-order valence-corrected chi connectivity index (χ3v) is 4.70. The van der Waals surface area contributed by atoms with Gasteiger partial charge in [0, 0.05) is 31.1 Å². The third-order valence-electron chi connectivity index (χ3n) is 3.54. The van der Waals surface area contributed by atoms with Gasteiger partial charge in [0.15, 0.2) is 5.13 Å². The van der Waals surface area contributed by atoms with E-state index >= 15 is 0 Å². The monoisotopic (exact) mass is 297 g/mol. The van der Waals surface area contributed by atoms with E-state index < -0.39 is 0 Å². The zero-order chi connectivity index (χ0) is 14.4. The molecule has 0 radical (unpaired) electrons. The second kappa shape index (κ2) is 7.96. The summed E-state index contributed by atoms with van der Waals surface area (Å²) >= 11 is 1.85. The van der Waals surface area contributed by atoms with Gasteiger partial charge in [-0.3, -0.25) is 0 Å². The molecule has 1 aliphatic rings. The van der Waals surface area contributed by atoms with E-state index in [0.717, 1.165) is 45.6 Å². The maximum Gasteiger partial charge on any atom is 0.185 e. The van der Waals surface area contributed by atoms with E-state index in [-0.39, 0.29) is 0 Å². The Morgan fingerprint density at radius 1 is 1.45 bits per heavy atom. The Kier molecular flexibility index (Phi) is 6.26. The number of thiazole rings is 1. The van der Waals surface area contributed by atoms with Gasteiger partial charge in [-0.25, -0.2) is 4.98 Å². The first kappa shape index (κ1) is 15.7. The van der Waals surface area contributed by atoms with Crippen LogP contribution in [0.2, 0.25) is 0 Å². The minimum absolute atomic E-state index is 0.299. The van der Waals surface area contributed by atoms with Crippen molar-refractivity contribution in [2.45, 2.75) is 52.7 Å². The highest BCUT2D eigenvalue weighted by molar-refractivity contribution is 7.15. The molecule has 1 N–H and O–H groups in total. The number of aromatic nitrogens is 1. The molecule has 1 aromatic rings. The maximum absolute atomic E-state index is 5.72. The fourth-order valence-corrected chi connectivity index (χ4v) is 3.62. The minimum Gasteiger partial charge on any atom is -0.377 e. The quantitative estimate of drug-likeness (QED) is 0.819. The van der Waals surface area contributed by atoms with Crippen LogP contribution in [-0.4, -0.2) is 37.3 Å². The summed E-state index contributed by atoms with van der Waals surface area (Å²) in [5.74, 6) is 0. The Morgan fingerprint density at radius 2 is 2.30 bits per heavy atom. The molecule has 0 spiro atoms. The standard InChI is InChI=1S/C15H27N3OS/c1-4-7-16-10-14-13(5-2)17-15(20-14)18-8-6-9-19-12(3)11-18/h12,16H,4-11H2,1-3H3. The van der Waals surface area contributed by atoms with Crippen molar-refractivity contribution in [2.24, 2.45) is 0 Å².